The molecule has 130 valence electrons. The minimum atomic E-state index is -0.426. The third-order valence-corrected chi connectivity index (χ3v) is 3.97. The lowest BCUT2D eigenvalue weighted by atomic mass is 9.97. The number of ether oxygens (including phenoxy) is 1. The van der Waals surface area contributed by atoms with E-state index in [0.717, 1.165) is 38.5 Å². The highest BCUT2D eigenvalue weighted by molar-refractivity contribution is 5.68. The van der Waals surface area contributed by atoms with Crippen LogP contribution in [0.1, 0.15) is 47.0 Å². The maximum absolute atomic E-state index is 12.2. The quantitative estimate of drug-likeness (QED) is 0.734. The largest absolute Gasteiger partial charge is 0.444 e. The molecule has 0 atom stereocenters. The summed E-state index contributed by atoms with van der Waals surface area (Å²) in [7, 11) is 2.19. The Labute approximate surface area is 136 Å². The Kier molecular flexibility index (Phi) is 8.18. The summed E-state index contributed by atoms with van der Waals surface area (Å²) in [5.74, 6) is 0.775. The van der Waals surface area contributed by atoms with Gasteiger partial charge in [0.15, 0.2) is 0 Å². The number of amides is 1. The van der Waals surface area contributed by atoms with Crippen LogP contribution in [0.4, 0.5) is 4.79 Å². The van der Waals surface area contributed by atoms with E-state index in [1.807, 2.05) is 25.7 Å². The summed E-state index contributed by atoms with van der Waals surface area (Å²) in [6.45, 7) is 13.6. The van der Waals surface area contributed by atoms with Crippen molar-refractivity contribution in [2.24, 2.45) is 5.92 Å². The number of carbonyl (C=O) groups is 1. The van der Waals surface area contributed by atoms with Crippen molar-refractivity contribution in [2.45, 2.75) is 52.6 Å². The van der Waals surface area contributed by atoms with Gasteiger partial charge in [0.1, 0.15) is 5.60 Å². The highest BCUT2D eigenvalue weighted by Crippen LogP contribution is 2.14. The average Bonchev–Trinajstić information content (AvgIpc) is 2.42. The van der Waals surface area contributed by atoms with Crippen LogP contribution in [-0.2, 0) is 4.74 Å². The number of nitrogens with one attached hydrogen (secondary N) is 1. The maximum Gasteiger partial charge on any atom is 0.410 e. The maximum atomic E-state index is 12.2. The van der Waals surface area contributed by atoms with Crippen LogP contribution in [0.2, 0.25) is 0 Å². The Morgan fingerprint density at radius 2 is 1.91 bits per heavy atom. The SMILES string of the molecule is CCCN(CCNCC1CCN(C)CC1)C(=O)OC(C)(C)C. The van der Waals surface area contributed by atoms with E-state index in [2.05, 4.69) is 24.2 Å². The van der Waals surface area contributed by atoms with E-state index in [9.17, 15) is 4.79 Å². The molecule has 0 aromatic rings. The van der Waals surface area contributed by atoms with Crippen LogP contribution in [-0.4, -0.2) is 67.8 Å². The molecule has 22 heavy (non-hydrogen) atoms. The highest BCUT2D eigenvalue weighted by Gasteiger charge is 2.21. The van der Waals surface area contributed by atoms with Crippen molar-refractivity contribution in [3.8, 4) is 0 Å². The summed E-state index contributed by atoms with van der Waals surface area (Å²) in [4.78, 5) is 16.4. The summed E-state index contributed by atoms with van der Waals surface area (Å²) >= 11 is 0. The first-order chi connectivity index (χ1) is 10.3. The van der Waals surface area contributed by atoms with Gasteiger partial charge >= 0.3 is 6.09 Å². The van der Waals surface area contributed by atoms with Gasteiger partial charge in [-0.1, -0.05) is 6.92 Å². The molecule has 5 heteroatoms. The molecule has 0 unspecified atom stereocenters. The zero-order valence-corrected chi connectivity index (χ0v) is 15.2. The number of nitrogens with zero attached hydrogens (tertiary/aromatic N) is 2. The van der Waals surface area contributed by atoms with Gasteiger partial charge in [-0.2, -0.15) is 0 Å². The highest BCUT2D eigenvalue weighted by atomic mass is 16.6. The van der Waals surface area contributed by atoms with Crippen LogP contribution >= 0.6 is 0 Å². The van der Waals surface area contributed by atoms with Crippen LogP contribution in [0.25, 0.3) is 0 Å². The summed E-state index contributed by atoms with van der Waals surface area (Å²) < 4.78 is 5.46. The van der Waals surface area contributed by atoms with Gasteiger partial charge in [0.2, 0.25) is 0 Å². The van der Waals surface area contributed by atoms with E-state index in [4.69, 9.17) is 4.74 Å². The van der Waals surface area contributed by atoms with Gasteiger partial charge < -0.3 is 19.9 Å². The second-order valence-electron chi connectivity index (χ2n) is 7.42. The van der Waals surface area contributed by atoms with Gasteiger partial charge in [0.05, 0.1) is 0 Å². The zero-order chi connectivity index (χ0) is 16.6. The standard InChI is InChI=1S/C17H35N3O2/c1-6-10-20(16(21)22-17(2,3)4)13-9-18-14-15-7-11-19(5)12-8-15/h15,18H,6-14H2,1-5H3. The Bertz CT molecular complexity index is 320. The van der Waals surface area contributed by atoms with Crippen LogP contribution in [0, 0.1) is 5.92 Å². The molecule has 5 nitrogen and oxygen atoms in total. The Morgan fingerprint density at radius 3 is 2.45 bits per heavy atom. The topological polar surface area (TPSA) is 44.8 Å². The predicted octanol–water partition coefficient (Wildman–Crippen LogP) is 2.56. The van der Waals surface area contributed by atoms with E-state index in [1.54, 1.807) is 0 Å². The van der Waals surface area contributed by atoms with Crippen molar-refractivity contribution in [3.63, 3.8) is 0 Å². The Morgan fingerprint density at radius 1 is 1.27 bits per heavy atom. The number of piperidine rings is 1. The molecule has 1 rings (SSSR count). The van der Waals surface area contributed by atoms with Crippen molar-refractivity contribution < 1.29 is 9.53 Å². The first kappa shape index (κ1) is 19.2. The second-order valence-corrected chi connectivity index (χ2v) is 7.42. The van der Waals surface area contributed by atoms with Gasteiger partial charge in [-0.05, 0) is 72.6 Å². The molecule has 0 saturated carbocycles. The molecule has 0 radical (unpaired) electrons. The van der Waals surface area contributed by atoms with Gasteiger partial charge in [0, 0.05) is 19.6 Å². The second kappa shape index (κ2) is 9.36. The minimum absolute atomic E-state index is 0.199. The minimum Gasteiger partial charge on any atom is -0.444 e. The van der Waals surface area contributed by atoms with Crippen LogP contribution in [0.5, 0.6) is 0 Å². The average molecular weight is 313 g/mol. The summed E-state index contributed by atoms with van der Waals surface area (Å²) in [6.07, 6.45) is 3.30. The monoisotopic (exact) mass is 313 g/mol. The molecule has 1 amide bonds. The van der Waals surface area contributed by atoms with Crippen LogP contribution in [0.3, 0.4) is 0 Å². The molecule has 1 fully saturated rings. The molecule has 0 spiro atoms. The molecule has 1 aliphatic heterocycles. The molecule has 1 saturated heterocycles. The first-order valence-electron chi connectivity index (χ1n) is 8.69. The molecular weight excluding hydrogens is 278 g/mol. The van der Waals surface area contributed by atoms with Crippen molar-refractivity contribution in [1.29, 1.82) is 0 Å². The van der Waals surface area contributed by atoms with Crippen molar-refractivity contribution in [2.75, 3.05) is 46.3 Å². The van der Waals surface area contributed by atoms with E-state index >= 15 is 0 Å². The molecule has 1 N–H and O–H groups in total. The van der Waals surface area contributed by atoms with E-state index in [1.165, 1.54) is 25.9 Å². The normalized spacial score (nSPS) is 17.5. The smallest absolute Gasteiger partial charge is 0.410 e. The lowest BCUT2D eigenvalue weighted by molar-refractivity contribution is 0.0251. The fourth-order valence-corrected chi connectivity index (χ4v) is 2.68. The van der Waals surface area contributed by atoms with Crippen LogP contribution in [0.15, 0.2) is 0 Å². The number of carbonyl (C=O) groups excluding carboxylic acids is 1. The molecule has 0 aliphatic carbocycles. The van der Waals surface area contributed by atoms with Gasteiger partial charge in [-0.25, -0.2) is 4.79 Å². The lowest BCUT2D eigenvalue weighted by Gasteiger charge is -2.30. The fourth-order valence-electron chi connectivity index (χ4n) is 2.68. The Balaban J connectivity index is 2.25. The predicted molar refractivity (Wildman–Crippen MR) is 91.2 cm³/mol. The number of hydrogen-bond acceptors (Lipinski definition) is 4. The summed E-state index contributed by atoms with van der Waals surface area (Å²) in [5.41, 5.74) is -0.426. The van der Waals surface area contributed by atoms with E-state index in [-0.39, 0.29) is 6.09 Å². The van der Waals surface area contributed by atoms with Crippen LogP contribution < -0.4 is 5.32 Å². The summed E-state index contributed by atoms with van der Waals surface area (Å²) in [6, 6.07) is 0. The molecule has 0 aromatic heterocycles. The fraction of sp³-hybridized carbons (Fsp3) is 0.941. The number of rotatable bonds is 7. The molecule has 1 aliphatic rings. The first-order valence-corrected chi connectivity index (χ1v) is 8.69. The van der Waals surface area contributed by atoms with Crippen molar-refractivity contribution in [1.82, 2.24) is 15.1 Å². The third kappa shape index (κ3) is 7.99. The third-order valence-electron chi connectivity index (χ3n) is 3.97. The van der Waals surface area contributed by atoms with Gasteiger partial charge in [0.25, 0.3) is 0 Å². The molecular formula is C17H35N3O2. The number of likely N-dealkylation sites (tertiary alicyclic amines) is 1. The van der Waals surface area contributed by atoms with Crippen molar-refractivity contribution >= 4 is 6.09 Å². The molecule has 0 bridgehead atoms. The Hall–Kier alpha value is -0.810. The molecule has 0 aromatic carbocycles. The van der Waals surface area contributed by atoms with Gasteiger partial charge in [-0.3, -0.25) is 0 Å². The number of hydrogen-bond donors (Lipinski definition) is 1. The molecule has 1 heterocycles. The lowest BCUT2D eigenvalue weighted by Crippen LogP contribution is -2.42. The van der Waals surface area contributed by atoms with E-state index < -0.39 is 5.60 Å². The summed E-state index contributed by atoms with van der Waals surface area (Å²) in [5, 5.41) is 3.51. The van der Waals surface area contributed by atoms with Crippen molar-refractivity contribution in [3.05, 3.63) is 0 Å². The van der Waals surface area contributed by atoms with Gasteiger partial charge in [-0.15, -0.1) is 0 Å². The van der Waals surface area contributed by atoms with E-state index in [0.29, 0.717) is 0 Å². The zero-order valence-electron chi connectivity index (χ0n) is 15.2.